The molecule has 3 N–H and O–H groups in total. The Labute approximate surface area is 135 Å². The van der Waals surface area contributed by atoms with Gasteiger partial charge >= 0.3 is 11.8 Å². The highest BCUT2D eigenvalue weighted by Crippen LogP contribution is 2.26. The van der Waals surface area contributed by atoms with Crippen molar-refractivity contribution in [1.82, 2.24) is 5.32 Å². The lowest BCUT2D eigenvalue weighted by molar-refractivity contribution is -0.136. The van der Waals surface area contributed by atoms with Gasteiger partial charge in [0.25, 0.3) is 0 Å². The number of ether oxygens (including phenoxy) is 1. The van der Waals surface area contributed by atoms with E-state index in [9.17, 15) is 9.59 Å². The van der Waals surface area contributed by atoms with Gasteiger partial charge in [-0.2, -0.15) is 0 Å². The zero-order valence-corrected chi connectivity index (χ0v) is 13.2. The van der Waals surface area contributed by atoms with Crippen molar-refractivity contribution in [1.29, 1.82) is 0 Å². The van der Waals surface area contributed by atoms with E-state index in [1.165, 1.54) is 0 Å². The number of para-hydroxylation sites is 2. The molecule has 2 amide bonds. The van der Waals surface area contributed by atoms with Crippen LogP contribution in [0.4, 0.5) is 11.4 Å². The molecule has 1 unspecified atom stereocenters. The van der Waals surface area contributed by atoms with Crippen molar-refractivity contribution in [3.8, 4) is 0 Å². The summed E-state index contributed by atoms with van der Waals surface area (Å²) < 4.78 is 5.33. The number of nitrogens with zero attached hydrogens (tertiary/aromatic N) is 1. The zero-order chi connectivity index (χ0) is 16.7. The second-order valence-electron chi connectivity index (χ2n) is 5.33. The highest BCUT2D eigenvalue weighted by atomic mass is 16.5. The Morgan fingerprint density at radius 2 is 1.96 bits per heavy atom. The molecular formula is C16H23N3O4. The third kappa shape index (κ3) is 4.67. The summed E-state index contributed by atoms with van der Waals surface area (Å²) in [7, 11) is 0. The fourth-order valence-electron chi connectivity index (χ4n) is 2.37. The van der Waals surface area contributed by atoms with Gasteiger partial charge in [0.15, 0.2) is 0 Å². The van der Waals surface area contributed by atoms with Gasteiger partial charge in [-0.1, -0.05) is 19.1 Å². The number of anilines is 2. The Balaban J connectivity index is 2.04. The number of aliphatic hydroxyl groups excluding tert-OH is 1. The molecule has 1 aromatic carbocycles. The normalized spacial score (nSPS) is 15.8. The summed E-state index contributed by atoms with van der Waals surface area (Å²) >= 11 is 0. The van der Waals surface area contributed by atoms with Gasteiger partial charge in [0, 0.05) is 13.1 Å². The Morgan fingerprint density at radius 3 is 2.61 bits per heavy atom. The molecule has 23 heavy (non-hydrogen) atoms. The van der Waals surface area contributed by atoms with E-state index in [2.05, 4.69) is 15.5 Å². The molecule has 2 rings (SSSR count). The molecule has 0 radical (unpaired) electrons. The third-order valence-electron chi connectivity index (χ3n) is 3.76. The van der Waals surface area contributed by atoms with Crippen molar-refractivity contribution in [2.75, 3.05) is 43.1 Å². The lowest BCUT2D eigenvalue weighted by Crippen LogP contribution is -2.43. The van der Waals surface area contributed by atoms with E-state index in [-0.39, 0.29) is 6.61 Å². The molecule has 1 heterocycles. The van der Waals surface area contributed by atoms with Gasteiger partial charge < -0.3 is 25.4 Å². The molecule has 126 valence electrons. The Bertz CT molecular complexity index is 540. The van der Waals surface area contributed by atoms with Crippen molar-refractivity contribution in [3.63, 3.8) is 0 Å². The molecule has 0 aromatic heterocycles. The highest BCUT2D eigenvalue weighted by Gasteiger charge is 2.20. The average Bonchev–Trinajstić information content (AvgIpc) is 2.60. The Kier molecular flexibility index (Phi) is 6.37. The van der Waals surface area contributed by atoms with Crippen LogP contribution in [0.5, 0.6) is 0 Å². The van der Waals surface area contributed by atoms with Crippen molar-refractivity contribution < 1.29 is 19.4 Å². The summed E-state index contributed by atoms with van der Waals surface area (Å²) in [6.45, 7) is 4.38. The summed E-state index contributed by atoms with van der Waals surface area (Å²) in [5.41, 5.74) is 1.46. The van der Waals surface area contributed by atoms with Crippen LogP contribution >= 0.6 is 0 Å². The van der Waals surface area contributed by atoms with Crippen LogP contribution in [-0.2, 0) is 14.3 Å². The minimum atomic E-state index is -0.748. The molecule has 7 nitrogen and oxygen atoms in total. The molecule has 1 atom stereocenters. The standard InChI is InChI=1S/C16H23N3O4/c1-2-12(11-20)17-15(21)16(22)18-13-5-3-4-6-14(13)19-7-9-23-10-8-19/h3-6,12,20H,2,7-11H2,1H3,(H,17,21)(H,18,22). The third-order valence-corrected chi connectivity index (χ3v) is 3.76. The summed E-state index contributed by atoms with van der Waals surface area (Å²) in [4.78, 5) is 26.1. The predicted molar refractivity (Wildman–Crippen MR) is 87.4 cm³/mol. The monoisotopic (exact) mass is 321 g/mol. The van der Waals surface area contributed by atoms with Crippen LogP contribution in [0.15, 0.2) is 24.3 Å². The van der Waals surface area contributed by atoms with Crippen LogP contribution in [0, 0.1) is 0 Å². The largest absolute Gasteiger partial charge is 0.394 e. The van der Waals surface area contributed by atoms with Gasteiger partial charge in [-0.3, -0.25) is 9.59 Å². The Hall–Kier alpha value is -2.12. The molecule has 1 aromatic rings. The first-order chi connectivity index (χ1) is 11.2. The number of aliphatic hydroxyl groups is 1. The van der Waals surface area contributed by atoms with Crippen molar-refractivity contribution in [3.05, 3.63) is 24.3 Å². The number of rotatable bonds is 5. The second-order valence-corrected chi connectivity index (χ2v) is 5.33. The van der Waals surface area contributed by atoms with E-state index < -0.39 is 17.9 Å². The van der Waals surface area contributed by atoms with E-state index in [1.807, 2.05) is 19.1 Å². The molecule has 1 fully saturated rings. The van der Waals surface area contributed by atoms with E-state index in [0.717, 1.165) is 18.8 Å². The smallest absolute Gasteiger partial charge is 0.313 e. The second kappa shape index (κ2) is 8.50. The van der Waals surface area contributed by atoms with Crippen molar-refractivity contribution in [2.24, 2.45) is 0 Å². The van der Waals surface area contributed by atoms with Crippen LogP contribution in [0.3, 0.4) is 0 Å². The van der Waals surface area contributed by atoms with Gasteiger partial charge in [-0.05, 0) is 18.6 Å². The molecule has 0 spiro atoms. The first kappa shape index (κ1) is 17.2. The van der Waals surface area contributed by atoms with Crippen LogP contribution in [0.2, 0.25) is 0 Å². The van der Waals surface area contributed by atoms with E-state index in [1.54, 1.807) is 12.1 Å². The van der Waals surface area contributed by atoms with Crippen LogP contribution in [0.25, 0.3) is 0 Å². The maximum atomic E-state index is 12.1. The molecule has 0 bridgehead atoms. The quantitative estimate of drug-likeness (QED) is 0.681. The molecule has 1 aliphatic rings. The number of hydrogen-bond donors (Lipinski definition) is 3. The first-order valence-corrected chi connectivity index (χ1v) is 7.80. The zero-order valence-electron chi connectivity index (χ0n) is 13.2. The number of amides is 2. The molecule has 0 aliphatic carbocycles. The first-order valence-electron chi connectivity index (χ1n) is 7.80. The summed E-state index contributed by atoms with van der Waals surface area (Å²) in [6.07, 6.45) is 0.555. The number of morpholine rings is 1. The van der Waals surface area contributed by atoms with Crippen LogP contribution in [-0.4, -0.2) is 55.9 Å². The van der Waals surface area contributed by atoms with Gasteiger partial charge in [0.05, 0.1) is 37.2 Å². The summed E-state index contributed by atoms with van der Waals surface area (Å²) in [5, 5.41) is 14.2. The molecule has 7 heteroatoms. The number of hydrogen-bond acceptors (Lipinski definition) is 5. The summed E-state index contributed by atoms with van der Waals surface area (Å²) in [6, 6.07) is 6.95. The van der Waals surface area contributed by atoms with Crippen LogP contribution in [0.1, 0.15) is 13.3 Å². The average molecular weight is 321 g/mol. The van der Waals surface area contributed by atoms with Crippen molar-refractivity contribution >= 4 is 23.2 Å². The maximum Gasteiger partial charge on any atom is 0.313 e. The number of nitrogens with one attached hydrogen (secondary N) is 2. The van der Waals surface area contributed by atoms with Crippen LogP contribution < -0.4 is 15.5 Å². The molecular weight excluding hydrogens is 298 g/mol. The van der Waals surface area contributed by atoms with Gasteiger partial charge in [-0.15, -0.1) is 0 Å². The molecule has 1 saturated heterocycles. The number of benzene rings is 1. The van der Waals surface area contributed by atoms with E-state index in [4.69, 9.17) is 9.84 Å². The van der Waals surface area contributed by atoms with Gasteiger partial charge in [0.2, 0.25) is 0 Å². The fraction of sp³-hybridized carbons (Fsp3) is 0.500. The highest BCUT2D eigenvalue weighted by molar-refractivity contribution is 6.40. The summed E-state index contributed by atoms with van der Waals surface area (Å²) in [5.74, 6) is -1.49. The molecule has 0 saturated carbocycles. The lowest BCUT2D eigenvalue weighted by Gasteiger charge is -2.30. The minimum absolute atomic E-state index is 0.195. The lowest BCUT2D eigenvalue weighted by atomic mass is 10.2. The SMILES string of the molecule is CCC(CO)NC(=O)C(=O)Nc1ccccc1N1CCOCC1. The van der Waals surface area contributed by atoms with Crippen molar-refractivity contribution in [2.45, 2.75) is 19.4 Å². The van der Waals surface area contributed by atoms with E-state index in [0.29, 0.717) is 25.3 Å². The minimum Gasteiger partial charge on any atom is -0.394 e. The van der Waals surface area contributed by atoms with Gasteiger partial charge in [-0.25, -0.2) is 0 Å². The molecule has 1 aliphatic heterocycles. The van der Waals surface area contributed by atoms with E-state index >= 15 is 0 Å². The predicted octanol–water partition coefficient (Wildman–Crippen LogP) is 0.349. The van der Waals surface area contributed by atoms with Gasteiger partial charge in [0.1, 0.15) is 0 Å². The fourth-order valence-corrected chi connectivity index (χ4v) is 2.37. The number of carbonyl (C=O) groups is 2. The topological polar surface area (TPSA) is 90.9 Å². The number of carbonyl (C=O) groups excluding carboxylic acids is 2. The Morgan fingerprint density at radius 1 is 1.26 bits per heavy atom. The maximum absolute atomic E-state index is 12.1.